The van der Waals surface area contributed by atoms with Gasteiger partial charge in [0.15, 0.2) is 0 Å². The molecule has 3 heteroatoms. The van der Waals surface area contributed by atoms with Gasteiger partial charge in [-0.2, -0.15) is 23.5 Å². The fourth-order valence-electron chi connectivity index (χ4n) is 1.73. The molecule has 17 heavy (non-hydrogen) atoms. The van der Waals surface area contributed by atoms with E-state index in [1.54, 1.807) is 0 Å². The number of benzene rings is 1. The molecule has 92 valence electrons. The van der Waals surface area contributed by atoms with Gasteiger partial charge in [0.1, 0.15) is 0 Å². The van der Waals surface area contributed by atoms with E-state index < -0.39 is 0 Å². The summed E-state index contributed by atoms with van der Waals surface area (Å²) < 4.78 is 0. The van der Waals surface area contributed by atoms with Crippen LogP contribution in [0.2, 0.25) is 0 Å². The Hall–Kier alpha value is -0.380. The van der Waals surface area contributed by atoms with Gasteiger partial charge in [-0.3, -0.25) is 0 Å². The minimum absolute atomic E-state index is 0.674. The molecule has 1 aliphatic heterocycles. The van der Waals surface area contributed by atoms with Crippen molar-refractivity contribution in [3.63, 3.8) is 0 Å². The highest BCUT2D eigenvalue weighted by Gasteiger charge is 2.10. The maximum Gasteiger partial charge on any atom is 0.0251 e. The normalized spacial score (nSPS) is 18.4. The Morgan fingerprint density at radius 3 is 2.53 bits per heavy atom. The van der Waals surface area contributed by atoms with Crippen molar-refractivity contribution in [2.24, 2.45) is 0 Å². The van der Waals surface area contributed by atoms with E-state index in [2.05, 4.69) is 71.3 Å². The zero-order valence-electron chi connectivity index (χ0n) is 9.97. The SMILES string of the molecule is C(=Cc1ccccc1)CNC1CSCCSC1. The van der Waals surface area contributed by atoms with Crippen LogP contribution in [-0.4, -0.2) is 35.6 Å². The molecule has 0 radical (unpaired) electrons. The highest BCUT2D eigenvalue weighted by atomic mass is 32.2. The van der Waals surface area contributed by atoms with Gasteiger partial charge < -0.3 is 5.32 Å². The van der Waals surface area contributed by atoms with E-state index in [4.69, 9.17) is 0 Å². The van der Waals surface area contributed by atoms with E-state index in [-0.39, 0.29) is 0 Å². The van der Waals surface area contributed by atoms with Gasteiger partial charge >= 0.3 is 0 Å². The lowest BCUT2D eigenvalue weighted by molar-refractivity contribution is 0.651. The van der Waals surface area contributed by atoms with Crippen LogP contribution in [0.1, 0.15) is 5.56 Å². The van der Waals surface area contributed by atoms with E-state index >= 15 is 0 Å². The van der Waals surface area contributed by atoms with Crippen molar-refractivity contribution < 1.29 is 0 Å². The summed E-state index contributed by atoms with van der Waals surface area (Å²) in [7, 11) is 0. The molecule has 1 nitrogen and oxygen atoms in total. The van der Waals surface area contributed by atoms with Gasteiger partial charge in [0.2, 0.25) is 0 Å². The molecule has 1 aliphatic rings. The van der Waals surface area contributed by atoms with Gasteiger partial charge in [-0.15, -0.1) is 0 Å². The second-order valence-electron chi connectivity index (χ2n) is 4.07. The van der Waals surface area contributed by atoms with Crippen molar-refractivity contribution in [3.05, 3.63) is 42.0 Å². The Morgan fingerprint density at radius 2 is 1.82 bits per heavy atom. The van der Waals surface area contributed by atoms with Crippen LogP contribution in [0.5, 0.6) is 0 Å². The topological polar surface area (TPSA) is 12.0 Å². The molecular weight excluding hydrogens is 246 g/mol. The molecule has 0 saturated carbocycles. The Balaban J connectivity index is 1.70. The summed E-state index contributed by atoms with van der Waals surface area (Å²) in [5.41, 5.74) is 1.28. The Kier molecular flexibility index (Phi) is 6.03. The maximum atomic E-state index is 3.60. The molecule has 0 amide bonds. The molecule has 0 aliphatic carbocycles. The lowest BCUT2D eigenvalue weighted by Gasteiger charge is -2.13. The number of rotatable bonds is 4. The van der Waals surface area contributed by atoms with Crippen LogP contribution in [0.15, 0.2) is 36.4 Å². The average molecular weight is 265 g/mol. The van der Waals surface area contributed by atoms with Crippen LogP contribution in [0.3, 0.4) is 0 Å². The minimum Gasteiger partial charge on any atom is -0.309 e. The zero-order valence-corrected chi connectivity index (χ0v) is 11.6. The summed E-state index contributed by atoms with van der Waals surface area (Å²) in [6, 6.07) is 11.1. The molecule has 0 aromatic heterocycles. The third-order valence-corrected chi connectivity index (χ3v) is 5.16. The predicted octanol–water partition coefficient (Wildman–Crippen LogP) is 3.14. The predicted molar refractivity (Wildman–Crippen MR) is 81.9 cm³/mol. The fraction of sp³-hybridized carbons (Fsp3) is 0.429. The smallest absolute Gasteiger partial charge is 0.0251 e. The molecule has 1 aromatic carbocycles. The molecule has 0 bridgehead atoms. The molecular formula is C14H19NS2. The van der Waals surface area contributed by atoms with Crippen LogP contribution < -0.4 is 5.32 Å². The van der Waals surface area contributed by atoms with Crippen molar-refractivity contribution in [2.45, 2.75) is 6.04 Å². The maximum absolute atomic E-state index is 3.60. The summed E-state index contributed by atoms with van der Waals surface area (Å²) >= 11 is 4.14. The largest absolute Gasteiger partial charge is 0.309 e. The Morgan fingerprint density at radius 1 is 1.12 bits per heavy atom. The van der Waals surface area contributed by atoms with Crippen molar-refractivity contribution in [1.29, 1.82) is 0 Å². The fourth-order valence-corrected chi connectivity index (χ4v) is 4.19. The number of hydrogen-bond donors (Lipinski definition) is 1. The van der Waals surface area contributed by atoms with Crippen molar-refractivity contribution in [1.82, 2.24) is 5.32 Å². The molecule has 1 aromatic rings. The van der Waals surface area contributed by atoms with E-state index in [1.807, 2.05) is 0 Å². The molecule has 1 N–H and O–H groups in total. The highest BCUT2D eigenvalue weighted by Crippen LogP contribution is 2.16. The standard InChI is InChI=1S/C14H19NS2/c1-2-5-13(6-3-1)7-4-8-15-14-11-16-9-10-17-12-14/h1-7,14-15H,8-12H2. The lowest BCUT2D eigenvalue weighted by atomic mass is 10.2. The molecule has 0 unspecified atom stereocenters. The number of hydrogen-bond acceptors (Lipinski definition) is 3. The van der Waals surface area contributed by atoms with E-state index in [0.717, 1.165) is 6.54 Å². The molecule has 0 atom stereocenters. The third kappa shape index (κ3) is 5.19. The molecule has 1 fully saturated rings. The van der Waals surface area contributed by atoms with Crippen LogP contribution in [-0.2, 0) is 0 Å². The van der Waals surface area contributed by atoms with Crippen LogP contribution in [0.25, 0.3) is 6.08 Å². The van der Waals surface area contributed by atoms with Gasteiger partial charge in [-0.05, 0) is 5.56 Å². The van der Waals surface area contributed by atoms with Gasteiger partial charge in [0.05, 0.1) is 0 Å². The quantitative estimate of drug-likeness (QED) is 0.898. The van der Waals surface area contributed by atoms with Gasteiger partial charge in [-0.25, -0.2) is 0 Å². The molecule has 2 rings (SSSR count). The second-order valence-corrected chi connectivity index (χ2v) is 6.37. The first-order valence-corrected chi connectivity index (χ1v) is 8.36. The van der Waals surface area contributed by atoms with Crippen LogP contribution >= 0.6 is 23.5 Å². The second kappa shape index (κ2) is 7.85. The molecule has 0 spiro atoms. The van der Waals surface area contributed by atoms with Crippen molar-refractivity contribution in [3.8, 4) is 0 Å². The average Bonchev–Trinajstić information content (AvgIpc) is 2.65. The first kappa shape index (κ1) is 13.1. The van der Waals surface area contributed by atoms with Crippen molar-refractivity contribution in [2.75, 3.05) is 29.6 Å². The van der Waals surface area contributed by atoms with Gasteiger partial charge in [0.25, 0.3) is 0 Å². The minimum atomic E-state index is 0.674. The molecule has 1 saturated heterocycles. The molecule has 1 heterocycles. The Bertz CT molecular complexity index is 329. The zero-order chi connectivity index (χ0) is 11.8. The lowest BCUT2D eigenvalue weighted by Crippen LogP contribution is -2.33. The van der Waals surface area contributed by atoms with E-state index in [0.29, 0.717) is 6.04 Å². The third-order valence-electron chi connectivity index (χ3n) is 2.64. The summed E-state index contributed by atoms with van der Waals surface area (Å²) in [4.78, 5) is 0. The number of nitrogens with one attached hydrogen (secondary N) is 1. The van der Waals surface area contributed by atoms with Gasteiger partial charge in [0, 0.05) is 35.6 Å². The first-order valence-electron chi connectivity index (χ1n) is 6.05. The Labute approximate surface area is 112 Å². The monoisotopic (exact) mass is 265 g/mol. The van der Waals surface area contributed by atoms with Crippen molar-refractivity contribution >= 4 is 29.6 Å². The summed E-state index contributed by atoms with van der Waals surface area (Å²) in [6.45, 7) is 0.973. The summed E-state index contributed by atoms with van der Waals surface area (Å²) in [5, 5.41) is 3.60. The van der Waals surface area contributed by atoms with E-state index in [9.17, 15) is 0 Å². The highest BCUT2D eigenvalue weighted by molar-refractivity contribution is 8.03. The first-order chi connectivity index (χ1) is 8.45. The number of thioether (sulfide) groups is 2. The van der Waals surface area contributed by atoms with Crippen LogP contribution in [0.4, 0.5) is 0 Å². The van der Waals surface area contributed by atoms with E-state index in [1.165, 1.54) is 28.6 Å². The summed E-state index contributed by atoms with van der Waals surface area (Å²) in [6.07, 6.45) is 4.40. The van der Waals surface area contributed by atoms with Crippen LogP contribution in [0, 0.1) is 0 Å². The van der Waals surface area contributed by atoms with Gasteiger partial charge in [-0.1, -0.05) is 42.5 Å². The summed E-state index contributed by atoms with van der Waals surface area (Å²) in [5.74, 6) is 5.13.